The van der Waals surface area contributed by atoms with Crippen molar-refractivity contribution in [1.29, 1.82) is 0 Å². The standard InChI is InChI=1S/C17H22N2O2/c1-13(2)19-12-15-4-3-10-18-17(15)21-16-7-5-14(6-8-16)9-11-20/h3-8,10,13,19-20H,9,11-12H2,1-2H3. The molecule has 1 aromatic heterocycles. The third kappa shape index (κ3) is 4.85. The van der Waals surface area contributed by atoms with Crippen molar-refractivity contribution < 1.29 is 9.84 Å². The average Bonchev–Trinajstić information content (AvgIpc) is 2.48. The Morgan fingerprint density at radius 1 is 1.19 bits per heavy atom. The lowest BCUT2D eigenvalue weighted by molar-refractivity contribution is 0.299. The van der Waals surface area contributed by atoms with Crippen LogP contribution in [0.2, 0.25) is 0 Å². The molecule has 0 bridgehead atoms. The maximum absolute atomic E-state index is 8.92. The van der Waals surface area contributed by atoms with E-state index in [0.717, 1.165) is 23.4 Å². The second-order valence-corrected chi connectivity index (χ2v) is 5.22. The van der Waals surface area contributed by atoms with Gasteiger partial charge in [0.05, 0.1) is 0 Å². The molecule has 0 unspecified atom stereocenters. The molecule has 1 heterocycles. The second-order valence-electron chi connectivity index (χ2n) is 5.22. The Labute approximate surface area is 125 Å². The van der Waals surface area contributed by atoms with Gasteiger partial charge in [0.2, 0.25) is 5.88 Å². The quantitative estimate of drug-likeness (QED) is 0.821. The van der Waals surface area contributed by atoms with Crippen LogP contribution in [0.3, 0.4) is 0 Å². The van der Waals surface area contributed by atoms with Crippen molar-refractivity contribution in [2.24, 2.45) is 0 Å². The monoisotopic (exact) mass is 286 g/mol. The molecule has 0 spiro atoms. The Kier molecular flexibility index (Phi) is 5.72. The molecule has 0 aliphatic carbocycles. The zero-order valence-electron chi connectivity index (χ0n) is 12.5. The Morgan fingerprint density at radius 3 is 2.62 bits per heavy atom. The first-order valence-electron chi connectivity index (χ1n) is 7.24. The van der Waals surface area contributed by atoms with Crippen molar-refractivity contribution in [3.05, 3.63) is 53.7 Å². The summed E-state index contributed by atoms with van der Waals surface area (Å²) in [5.74, 6) is 1.38. The smallest absolute Gasteiger partial charge is 0.223 e. The predicted octanol–water partition coefficient (Wildman–Crippen LogP) is 2.91. The van der Waals surface area contributed by atoms with Crippen molar-refractivity contribution >= 4 is 0 Å². The van der Waals surface area contributed by atoms with E-state index in [1.54, 1.807) is 6.20 Å². The summed E-state index contributed by atoms with van der Waals surface area (Å²) < 4.78 is 5.86. The molecule has 112 valence electrons. The van der Waals surface area contributed by atoms with Crippen molar-refractivity contribution in [2.75, 3.05) is 6.61 Å². The van der Waals surface area contributed by atoms with Crippen LogP contribution in [0.25, 0.3) is 0 Å². The predicted molar refractivity (Wildman–Crippen MR) is 83.5 cm³/mol. The fourth-order valence-electron chi connectivity index (χ4n) is 1.93. The van der Waals surface area contributed by atoms with Crippen LogP contribution in [0.5, 0.6) is 11.6 Å². The molecule has 0 amide bonds. The van der Waals surface area contributed by atoms with E-state index in [0.29, 0.717) is 18.3 Å². The average molecular weight is 286 g/mol. The Hall–Kier alpha value is -1.91. The van der Waals surface area contributed by atoms with Crippen LogP contribution in [0.4, 0.5) is 0 Å². The van der Waals surface area contributed by atoms with Gasteiger partial charge in [0.15, 0.2) is 0 Å². The lowest BCUT2D eigenvalue weighted by atomic mass is 10.1. The molecule has 2 rings (SSSR count). The van der Waals surface area contributed by atoms with Crippen LogP contribution in [-0.4, -0.2) is 22.7 Å². The van der Waals surface area contributed by atoms with Gasteiger partial charge in [-0.25, -0.2) is 4.98 Å². The second kappa shape index (κ2) is 7.76. The van der Waals surface area contributed by atoms with Gasteiger partial charge >= 0.3 is 0 Å². The minimum absolute atomic E-state index is 0.158. The first kappa shape index (κ1) is 15.5. The molecule has 2 N–H and O–H groups in total. The first-order valence-corrected chi connectivity index (χ1v) is 7.24. The number of ether oxygens (including phenoxy) is 1. The van der Waals surface area contributed by atoms with E-state index in [1.807, 2.05) is 36.4 Å². The number of aliphatic hydroxyl groups excluding tert-OH is 1. The van der Waals surface area contributed by atoms with Crippen LogP contribution < -0.4 is 10.1 Å². The summed E-state index contributed by atoms with van der Waals surface area (Å²) >= 11 is 0. The summed E-state index contributed by atoms with van der Waals surface area (Å²) in [6.45, 7) is 5.10. The van der Waals surface area contributed by atoms with E-state index in [2.05, 4.69) is 24.1 Å². The number of hydrogen-bond donors (Lipinski definition) is 2. The Morgan fingerprint density at radius 2 is 1.95 bits per heavy atom. The molecule has 0 radical (unpaired) electrons. The van der Waals surface area contributed by atoms with E-state index in [1.165, 1.54) is 0 Å². The number of benzene rings is 1. The molecule has 0 saturated heterocycles. The van der Waals surface area contributed by atoms with E-state index in [9.17, 15) is 0 Å². The van der Waals surface area contributed by atoms with Crippen LogP contribution in [-0.2, 0) is 13.0 Å². The minimum atomic E-state index is 0.158. The van der Waals surface area contributed by atoms with Gasteiger partial charge in [0.1, 0.15) is 5.75 Å². The van der Waals surface area contributed by atoms with Gasteiger partial charge in [0, 0.05) is 31.0 Å². The van der Waals surface area contributed by atoms with Gasteiger partial charge in [0.25, 0.3) is 0 Å². The lowest BCUT2D eigenvalue weighted by Crippen LogP contribution is -2.22. The van der Waals surface area contributed by atoms with E-state index in [4.69, 9.17) is 9.84 Å². The molecule has 4 heteroatoms. The molecule has 21 heavy (non-hydrogen) atoms. The molecule has 0 aliphatic heterocycles. The van der Waals surface area contributed by atoms with Gasteiger partial charge in [-0.1, -0.05) is 32.0 Å². The fourth-order valence-corrected chi connectivity index (χ4v) is 1.93. The zero-order chi connectivity index (χ0) is 15.1. The maximum atomic E-state index is 8.92. The number of pyridine rings is 1. The highest BCUT2D eigenvalue weighted by Crippen LogP contribution is 2.23. The number of aliphatic hydroxyl groups is 1. The van der Waals surface area contributed by atoms with E-state index < -0.39 is 0 Å². The number of rotatable bonds is 7. The molecule has 0 atom stereocenters. The highest BCUT2D eigenvalue weighted by atomic mass is 16.5. The molecular weight excluding hydrogens is 264 g/mol. The molecule has 4 nitrogen and oxygen atoms in total. The van der Waals surface area contributed by atoms with Crippen LogP contribution in [0.1, 0.15) is 25.0 Å². The third-order valence-electron chi connectivity index (χ3n) is 3.09. The molecular formula is C17H22N2O2. The maximum Gasteiger partial charge on any atom is 0.223 e. The van der Waals surface area contributed by atoms with Crippen molar-refractivity contribution in [3.8, 4) is 11.6 Å². The highest BCUT2D eigenvalue weighted by Gasteiger charge is 2.06. The van der Waals surface area contributed by atoms with Gasteiger partial charge in [-0.15, -0.1) is 0 Å². The summed E-state index contributed by atoms with van der Waals surface area (Å²) in [6, 6.07) is 12.1. The number of nitrogens with one attached hydrogen (secondary N) is 1. The fraction of sp³-hybridized carbons (Fsp3) is 0.353. The van der Waals surface area contributed by atoms with Crippen LogP contribution >= 0.6 is 0 Å². The zero-order valence-corrected chi connectivity index (χ0v) is 12.5. The van der Waals surface area contributed by atoms with Gasteiger partial charge in [-0.05, 0) is 30.2 Å². The highest BCUT2D eigenvalue weighted by molar-refractivity contribution is 5.34. The molecule has 0 aliphatic rings. The number of nitrogens with zero attached hydrogens (tertiary/aromatic N) is 1. The Balaban J connectivity index is 2.08. The van der Waals surface area contributed by atoms with Crippen molar-refractivity contribution in [1.82, 2.24) is 10.3 Å². The first-order chi connectivity index (χ1) is 10.2. The summed E-state index contributed by atoms with van der Waals surface area (Å²) in [5, 5.41) is 12.3. The van der Waals surface area contributed by atoms with Gasteiger partial charge in [-0.2, -0.15) is 0 Å². The Bertz CT molecular complexity index is 553. The van der Waals surface area contributed by atoms with Crippen LogP contribution in [0, 0.1) is 0 Å². The van der Waals surface area contributed by atoms with Gasteiger partial charge < -0.3 is 15.2 Å². The normalized spacial score (nSPS) is 10.9. The van der Waals surface area contributed by atoms with Gasteiger partial charge in [-0.3, -0.25) is 0 Å². The molecule has 0 saturated carbocycles. The largest absolute Gasteiger partial charge is 0.439 e. The number of hydrogen-bond acceptors (Lipinski definition) is 4. The number of aromatic nitrogens is 1. The summed E-state index contributed by atoms with van der Waals surface area (Å²) in [7, 11) is 0. The van der Waals surface area contributed by atoms with Crippen LogP contribution in [0.15, 0.2) is 42.6 Å². The third-order valence-corrected chi connectivity index (χ3v) is 3.09. The van der Waals surface area contributed by atoms with E-state index in [-0.39, 0.29) is 6.61 Å². The molecule has 0 fully saturated rings. The van der Waals surface area contributed by atoms with Crippen molar-refractivity contribution in [2.45, 2.75) is 32.9 Å². The lowest BCUT2D eigenvalue weighted by Gasteiger charge is -2.12. The van der Waals surface area contributed by atoms with Crippen molar-refractivity contribution in [3.63, 3.8) is 0 Å². The minimum Gasteiger partial charge on any atom is -0.439 e. The summed E-state index contributed by atoms with van der Waals surface area (Å²) in [6.07, 6.45) is 2.39. The van der Waals surface area contributed by atoms with E-state index >= 15 is 0 Å². The summed E-state index contributed by atoms with van der Waals surface area (Å²) in [5.41, 5.74) is 2.12. The summed E-state index contributed by atoms with van der Waals surface area (Å²) in [4.78, 5) is 4.31. The topological polar surface area (TPSA) is 54.4 Å². The molecule has 2 aromatic rings. The molecule has 1 aromatic carbocycles. The SMILES string of the molecule is CC(C)NCc1cccnc1Oc1ccc(CCO)cc1.